The highest BCUT2D eigenvalue weighted by molar-refractivity contribution is 5.81. The molecule has 0 aromatic heterocycles. The second-order valence-electron chi connectivity index (χ2n) is 5.34. The first-order chi connectivity index (χ1) is 8.22. The molecule has 0 aromatic rings. The summed E-state index contributed by atoms with van der Waals surface area (Å²) in [6.07, 6.45) is 5.69. The van der Waals surface area contributed by atoms with Crippen molar-refractivity contribution in [2.45, 2.75) is 51.1 Å². The summed E-state index contributed by atoms with van der Waals surface area (Å²) >= 11 is 0. The van der Waals surface area contributed by atoms with Crippen LogP contribution in [0, 0.1) is 0 Å². The van der Waals surface area contributed by atoms with E-state index >= 15 is 0 Å². The van der Waals surface area contributed by atoms with Gasteiger partial charge in [-0.1, -0.05) is 19.8 Å². The van der Waals surface area contributed by atoms with E-state index in [2.05, 4.69) is 11.8 Å². The molecule has 4 nitrogen and oxygen atoms in total. The maximum absolute atomic E-state index is 12.1. The van der Waals surface area contributed by atoms with Crippen LogP contribution in [0.2, 0.25) is 0 Å². The van der Waals surface area contributed by atoms with Gasteiger partial charge < -0.3 is 10.6 Å². The number of nitrogens with two attached hydrogens (primary N) is 1. The molecule has 2 fully saturated rings. The van der Waals surface area contributed by atoms with Gasteiger partial charge in [0.25, 0.3) is 0 Å². The predicted octanol–water partition coefficient (Wildman–Crippen LogP) is 0.811. The molecule has 17 heavy (non-hydrogen) atoms. The Kier molecular flexibility index (Phi) is 4.40. The third kappa shape index (κ3) is 3.42. The van der Waals surface area contributed by atoms with Crippen LogP contribution in [0.1, 0.15) is 39.0 Å². The molecule has 1 saturated heterocycles. The number of hydrogen-bond acceptors (Lipinski definition) is 3. The molecule has 1 amide bonds. The molecule has 2 aliphatic rings. The zero-order valence-electron chi connectivity index (χ0n) is 10.9. The Hall–Kier alpha value is -0.610. The molecule has 1 aliphatic carbocycles. The molecule has 1 saturated carbocycles. The standard InChI is InChI=1S/C13H25N3O/c1-2-3-4-12(14)13(17)16-9-7-15(8-10-16)11-5-6-11/h11-12H,2-10,14H2,1H3/t12-/m0/s1. The van der Waals surface area contributed by atoms with Gasteiger partial charge in [-0.05, 0) is 19.3 Å². The first-order valence-corrected chi connectivity index (χ1v) is 7.00. The van der Waals surface area contributed by atoms with E-state index in [0.29, 0.717) is 0 Å². The summed E-state index contributed by atoms with van der Waals surface area (Å²) in [5.41, 5.74) is 5.94. The molecule has 1 heterocycles. The largest absolute Gasteiger partial charge is 0.339 e. The average molecular weight is 239 g/mol. The van der Waals surface area contributed by atoms with Crippen molar-refractivity contribution in [1.82, 2.24) is 9.80 Å². The quantitative estimate of drug-likeness (QED) is 0.772. The third-order valence-corrected chi connectivity index (χ3v) is 3.88. The van der Waals surface area contributed by atoms with Crippen LogP contribution in [-0.2, 0) is 4.79 Å². The van der Waals surface area contributed by atoms with Crippen molar-refractivity contribution in [3.8, 4) is 0 Å². The number of piperazine rings is 1. The fourth-order valence-corrected chi connectivity index (χ4v) is 2.53. The van der Waals surface area contributed by atoms with E-state index in [0.717, 1.165) is 51.5 Å². The summed E-state index contributed by atoms with van der Waals surface area (Å²) in [7, 11) is 0. The van der Waals surface area contributed by atoms with Gasteiger partial charge in [0.05, 0.1) is 6.04 Å². The second-order valence-corrected chi connectivity index (χ2v) is 5.34. The third-order valence-electron chi connectivity index (χ3n) is 3.88. The van der Waals surface area contributed by atoms with Gasteiger partial charge in [0.15, 0.2) is 0 Å². The highest BCUT2D eigenvalue weighted by Gasteiger charge is 2.32. The van der Waals surface area contributed by atoms with Gasteiger partial charge in [0.1, 0.15) is 0 Å². The molecular weight excluding hydrogens is 214 g/mol. The summed E-state index contributed by atoms with van der Waals surface area (Å²) in [6, 6.07) is 0.545. The Labute approximate surface area is 104 Å². The topological polar surface area (TPSA) is 49.6 Å². The van der Waals surface area contributed by atoms with Crippen LogP contribution in [-0.4, -0.2) is 54.0 Å². The van der Waals surface area contributed by atoms with Crippen molar-refractivity contribution >= 4 is 5.91 Å². The summed E-state index contributed by atoms with van der Waals surface area (Å²) in [4.78, 5) is 16.6. The number of hydrogen-bond donors (Lipinski definition) is 1. The molecule has 2 N–H and O–H groups in total. The van der Waals surface area contributed by atoms with Crippen LogP contribution in [0.3, 0.4) is 0 Å². The Morgan fingerprint density at radius 1 is 1.29 bits per heavy atom. The summed E-state index contributed by atoms with van der Waals surface area (Å²) in [5.74, 6) is 0.161. The van der Waals surface area contributed by atoms with Crippen LogP contribution in [0.4, 0.5) is 0 Å². The van der Waals surface area contributed by atoms with Gasteiger partial charge in [0.2, 0.25) is 5.91 Å². The molecule has 4 heteroatoms. The van der Waals surface area contributed by atoms with Gasteiger partial charge in [-0.3, -0.25) is 9.69 Å². The Morgan fingerprint density at radius 3 is 2.47 bits per heavy atom. The van der Waals surface area contributed by atoms with Gasteiger partial charge in [-0.15, -0.1) is 0 Å². The van der Waals surface area contributed by atoms with Crippen molar-refractivity contribution in [1.29, 1.82) is 0 Å². The van der Waals surface area contributed by atoms with Gasteiger partial charge >= 0.3 is 0 Å². The van der Waals surface area contributed by atoms with Gasteiger partial charge in [-0.25, -0.2) is 0 Å². The molecule has 0 bridgehead atoms. The van der Waals surface area contributed by atoms with E-state index in [-0.39, 0.29) is 11.9 Å². The molecule has 0 aromatic carbocycles. The van der Waals surface area contributed by atoms with E-state index in [1.54, 1.807) is 0 Å². The van der Waals surface area contributed by atoms with Crippen LogP contribution in [0.5, 0.6) is 0 Å². The second kappa shape index (κ2) is 5.83. The number of rotatable bonds is 5. The lowest BCUT2D eigenvalue weighted by Gasteiger charge is -2.36. The van der Waals surface area contributed by atoms with Crippen LogP contribution >= 0.6 is 0 Å². The van der Waals surface area contributed by atoms with Crippen LogP contribution in [0.25, 0.3) is 0 Å². The van der Waals surface area contributed by atoms with Crippen molar-refractivity contribution in [3.05, 3.63) is 0 Å². The fraction of sp³-hybridized carbons (Fsp3) is 0.923. The zero-order valence-corrected chi connectivity index (χ0v) is 10.9. The lowest BCUT2D eigenvalue weighted by Crippen LogP contribution is -2.53. The molecule has 2 rings (SSSR count). The first-order valence-electron chi connectivity index (χ1n) is 7.00. The summed E-state index contributed by atoms with van der Waals surface area (Å²) in [5, 5.41) is 0. The van der Waals surface area contributed by atoms with Crippen molar-refractivity contribution < 1.29 is 4.79 Å². The Bertz CT molecular complexity index is 257. The van der Waals surface area contributed by atoms with Gasteiger partial charge in [0, 0.05) is 32.2 Å². The monoisotopic (exact) mass is 239 g/mol. The van der Waals surface area contributed by atoms with E-state index in [1.807, 2.05) is 4.90 Å². The van der Waals surface area contributed by atoms with Crippen molar-refractivity contribution in [2.24, 2.45) is 5.73 Å². The predicted molar refractivity (Wildman–Crippen MR) is 68.7 cm³/mol. The SMILES string of the molecule is CCCC[C@H](N)C(=O)N1CCN(C2CC2)CC1. The highest BCUT2D eigenvalue weighted by atomic mass is 16.2. The minimum absolute atomic E-state index is 0.161. The lowest BCUT2D eigenvalue weighted by molar-refractivity contribution is -0.134. The van der Waals surface area contributed by atoms with Crippen LogP contribution in [0.15, 0.2) is 0 Å². The number of amides is 1. The maximum Gasteiger partial charge on any atom is 0.239 e. The van der Waals surface area contributed by atoms with E-state index in [4.69, 9.17) is 5.73 Å². The molecule has 1 aliphatic heterocycles. The molecule has 0 radical (unpaired) electrons. The van der Waals surface area contributed by atoms with Gasteiger partial charge in [-0.2, -0.15) is 0 Å². The minimum atomic E-state index is -0.276. The molecule has 1 atom stereocenters. The number of carbonyl (C=O) groups excluding carboxylic acids is 1. The summed E-state index contributed by atoms with van der Waals surface area (Å²) < 4.78 is 0. The highest BCUT2D eigenvalue weighted by Crippen LogP contribution is 2.27. The Balaban J connectivity index is 1.73. The first kappa shape index (κ1) is 12.8. The zero-order chi connectivity index (χ0) is 12.3. The maximum atomic E-state index is 12.1. The van der Waals surface area contributed by atoms with Crippen LogP contribution < -0.4 is 5.73 Å². The van der Waals surface area contributed by atoms with E-state index in [9.17, 15) is 4.79 Å². The van der Waals surface area contributed by atoms with E-state index < -0.39 is 0 Å². The summed E-state index contributed by atoms with van der Waals surface area (Å²) in [6.45, 7) is 5.95. The van der Waals surface area contributed by atoms with Crippen molar-refractivity contribution in [3.63, 3.8) is 0 Å². The molecule has 0 spiro atoms. The lowest BCUT2D eigenvalue weighted by atomic mass is 10.1. The number of nitrogens with zero attached hydrogens (tertiary/aromatic N) is 2. The molecule has 0 unspecified atom stereocenters. The minimum Gasteiger partial charge on any atom is -0.339 e. The number of unbranched alkanes of at least 4 members (excludes halogenated alkanes) is 1. The fourth-order valence-electron chi connectivity index (χ4n) is 2.53. The smallest absolute Gasteiger partial charge is 0.239 e. The van der Waals surface area contributed by atoms with Crippen molar-refractivity contribution in [2.75, 3.05) is 26.2 Å². The normalized spacial score (nSPS) is 23.8. The van der Waals surface area contributed by atoms with E-state index in [1.165, 1.54) is 12.8 Å². The molecule has 98 valence electrons. The Morgan fingerprint density at radius 2 is 1.94 bits per heavy atom. The average Bonchev–Trinajstić information content (AvgIpc) is 3.19. The number of carbonyl (C=O) groups is 1. The molecular formula is C13H25N3O.